The molecule has 1 atom stereocenters. The number of para-hydroxylation sites is 1. The predicted molar refractivity (Wildman–Crippen MR) is 95.7 cm³/mol. The molecule has 1 aromatic rings. The number of carbonyl (C=O) groups is 2. The molecule has 0 bridgehead atoms. The molecule has 0 aliphatic carbocycles. The summed E-state index contributed by atoms with van der Waals surface area (Å²) >= 11 is 0. The average Bonchev–Trinajstić information content (AvgIpc) is 2.60. The van der Waals surface area contributed by atoms with Crippen molar-refractivity contribution in [2.75, 3.05) is 5.32 Å². The van der Waals surface area contributed by atoms with Crippen LogP contribution in [0.25, 0.3) is 0 Å². The second-order valence-electron chi connectivity index (χ2n) is 6.18. The molecule has 1 unspecified atom stereocenters. The Kier molecular flexibility index (Phi) is 10.5. The van der Waals surface area contributed by atoms with E-state index in [0.29, 0.717) is 6.42 Å². The lowest BCUT2D eigenvalue weighted by atomic mass is 9.94. The summed E-state index contributed by atoms with van der Waals surface area (Å²) in [4.78, 5) is 23.5. The number of amides is 2. The first-order chi connectivity index (χ1) is 11.7. The first kappa shape index (κ1) is 20.2. The SMILES string of the molecule is CCCCCC(CCCCCC(=O)Nc1ccccc1)C(=O)NO. The van der Waals surface area contributed by atoms with Crippen molar-refractivity contribution in [3.05, 3.63) is 30.3 Å². The van der Waals surface area contributed by atoms with Crippen molar-refractivity contribution in [3.8, 4) is 0 Å². The van der Waals surface area contributed by atoms with Crippen molar-refractivity contribution >= 4 is 17.5 Å². The standard InChI is InChI=1S/C19H30N2O3/c1-2-3-6-11-16(19(23)21-24)12-7-4-10-15-18(22)20-17-13-8-5-9-14-17/h5,8-9,13-14,16,24H,2-4,6-7,10-12,15H2,1H3,(H,20,22)(H,21,23). The fraction of sp³-hybridized carbons (Fsp3) is 0.579. The summed E-state index contributed by atoms with van der Waals surface area (Å²) in [6.45, 7) is 2.13. The zero-order chi connectivity index (χ0) is 17.6. The highest BCUT2D eigenvalue weighted by molar-refractivity contribution is 5.90. The molecule has 0 fully saturated rings. The van der Waals surface area contributed by atoms with Gasteiger partial charge in [-0.15, -0.1) is 0 Å². The van der Waals surface area contributed by atoms with E-state index in [0.717, 1.165) is 57.1 Å². The molecule has 134 valence electrons. The van der Waals surface area contributed by atoms with E-state index >= 15 is 0 Å². The summed E-state index contributed by atoms with van der Waals surface area (Å²) in [5.41, 5.74) is 2.59. The number of rotatable bonds is 12. The Morgan fingerprint density at radius 3 is 2.29 bits per heavy atom. The highest BCUT2D eigenvalue weighted by Gasteiger charge is 2.16. The van der Waals surface area contributed by atoms with E-state index in [9.17, 15) is 9.59 Å². The number of anilines is 1. The molecule has 0 radical (unpaired) electrons. The van der Waals surface area contributed by atoms with E-state index in [4.69, 9.17) is 5.21 Å². The lowest BCUT2D eigenvalue weighted by molar-refractivity contribution is -0.134. The Balaban J connectivity index is 2.18. The fourth-order valence-corrected chi connectivity index (χ4v) is 2.74. The molecule has 0 saturated carbocycles. The number of hydrogen-bond donors (Lipinski definition) is 3. The van der Waals surface area contributed by atoms with Crippen molar-refractivity contribution in [1.82, 2.24) is 5.48 Å². The van der Waals surface area contributed by atoms with Gasteiger partial charge >= 0.3 is 0 Å². The smallest absolute Gasteiger partial charge is 0.246 e. The Morgan fingerprint density at radius 1 is 1.00 bits per heavy atom. The number of hydroxylamine groups is 1. The quantitative estimate of drug-likeness (QED) is 0.303. The number of carbonyl (C=O) groups excluding carboxylic acids is 2. The van der Waals surface area contributed by atoms with Crippen molar-refractivity contribution in [1.29, 1.82) is 0 Å². The minimum absolute atomic E-state index is 0.0220. The minimum Gasteiger partial charge on any atom is -0.326 e. The second-order valence-corrected chi connectivity index (χ2v) is 6.18. The maximum atomic E-state index is 11.8. The van der Waals surface area contributed by atoms with E-state index in [1.165, 1.54) is 0 Å². The Hall–Kier alpha value is -1.88. The molecule has 0 saturated heterocycles. The van der Waals surface area contributed by atoms with Crippen molar-refractivity contribution < 1.29 is 14.8 Å². The summed E-state index contributed by atoms with van der Waals surface area (Å²) in [5, 5.41) is 11.7. The van der Waals surface area contributed by atoms with Crippen LogP contribution >= 0.6 is 0 Å². The predicted octanol–water partition coefficient (Wildman–Crippen LogP) is 4.28. The van der Waals surface area contributed by atoms with Gasteiger partial charge in [-0.25, -0.2) is 5.48 Å². The number of nitrogens with one attached hydrogen (secondary N) is 2. The van der Waals surface area contributed by atoms with Gasteiger partial charge in [0, 0.05) is 18.0 Å². The molecule has 3 N–H and O–H groups in total. The van der Waals surface area contributed by atoms with Gasteiger partial charge in [0.2, 0.25) is 11.8 Å². The van der Waals surface area contributed by atoms with Crippen LogP contribution in [0.15, 0.2) is 30.3 Å². The van der Waals surface area contributed by atoms with Crippen LogP contribution in [0.1, 0.15) is 64.7 Å². The Bertz CT molecular complexity index is 477. The van der Waals surface area contributed by atoms with Crippen LogP contribution in [0.3, 0.4) is 0 Å². The Labute approximate surface area is 144 Å². The largest absolute Gasteiger partial charge is 0.326 e. The van der Waals surface area contributed by atoms with Gasteiger partial charge in [-0.3, -0.25) is 14.8 Å². The van der Waals surface area contributed by atoms with Gasteiger partial charge < -0.3 is 5.32 Å². The van der Waals surface area contributed by atoms with Crippen molar-refractivity contribution in [2.45, 2.75) is 64.7 Å². The molecular formula is C19H30N2O3. The van der Waals surface area contributed by atoms with Gasteiger partial charge in [-0.2, -0.15) is 0 Å². The molecule has 0 aliphatic rings. The number of hydrogen-bond acceptors (Lipinski definition) is 3. The van der Waals surface area contributed by atoms with Gasteiger partial charge in [-0.05, 0) is 31.4 Å². The van der Waals surface area contributed by atoms with Crippen LogP contribution < -0.4 is 10.8 Å². The molecule has 0 spiro atoms. The molecule has 0 aliphatic heterocycles. The average molecular weight is 334 g/mol. The van der Waals surface area contributed by atoms with Gasteiger partial charge in [0.1, 0.15) is 0 Å². The maximum absolute atomic E-state index is 11.8. The molecule has 2 amide bonds. The topological polar surface area (TPSA) is 78.4 Å². The highest BCUT2D eigenvalue weighted by Crippen LogP contribution is 2.18. The number of benzene rings is 1. The van der Waals surface area contributed by atoms with Crippen LogP contribution in [-0.2, 0) is 9.59 Å². The third-order valence-corrected chi connectivity index (χ3v) is 4.15. The molecule has 1 rings (SSSR count). The molecule has 1 aromatic carbocycles. The highest BCUT2D eigenvalue weighted by atomic mass is 16.5. The van der Waals surface area contributed by atoms with Gasteiger partial charge in [-0.1, -0.05) is 57.2 Å². The van der Waals surface area contributed by atoms with Crippen LogP contribution in [-0.4, -0.2) is 17.0 Å². The zero-order valence-corrected chi connectivity index (χ0v) is 14.6. The van der Waals surface area contributed by atoms with E-state index in [2.05, 4.69) is 12.2 Å². The van der Waals surface area contributed by atoms with Crippen LogP contribution in [0.4, 0.5) is 5.69 Å². The first-order valence-corrected chi connectivity index (χ1v) is 8.96. The van der Waals surface area contributed by atoms with E-state index in [1.54, 1.807) is 5.48 Å². The van der Waals surface area contributed by atoms with Crippen LogP contribution in [0.2, 0.25) is 0 Å². The first-order valence-electron chi connectivity index (χ1n) is 8.96. The lowest BCUT2D eigenvalue weighted by Crippen LogP contribution is -2.27. The second kappa shape index (κ2) is 12.5. The molecule has 5 heteroatoms. The summed E-state index contributed by atoms with van der Waals surface area (Å²) in [6.07, 6.45) is 7.90. The van der Waals surface area contributed by atoms with Crippen molar-refractivity contribution in [2.24, 2.45) is 5.92 Å². The van der Waals surface area contributed by atoms with E-state index < -0.39 is 0 Å². The summed E-state index contributed by atoms with van der Waals surface area (Å²) in [7, 11) is 0. The molecule has 0 heterocycles. The van der Waals surface area contributed by atoms with Gasteiger partial charge in [0.05, 0.1) is 0 Å². The van der Waals surface area contributed by atoms with Crippen LogP contribution in [0, 0.1) is 5.92 Å². The molecular weight excluding hydrogens is 304 g/mol. The molecule has 5 nitrogen and oxygen atoms in total. The monoisotopic (exact) mass is 334 g/mol. The van der Waals surface area contributed by atoms with Crippen molar-refractivity contribution in [3.63, 3.8) is 0 Å². The maximum Gasteiger partial charge on any atom is 0.246 e. The number of unbranched alkanes of at least 4 members (excludes halogenated alkanes) is 4. The lowest BCUT2D eigenvalue weighted by Gasteiger charge is -2.14. The summed E-state index contributed by atoms with van der Waals surface area (Å²) in [5.74, 6) is -0.388. The third-order valence-electron chi connectivity index (χ3n) is 4.15. The van der Waals surface area contributed by atoms with E-state index in [1.807, 2.05) is 30.3 Å². The van der Waals surface area contributed by atoms with Gasteiger partial charge in [0.25, 0.3) is 0 Å². The summed E-state index contributed by atoms with van der Waals surface area (Å²) < 4.78 is 0. The normalized spacial score (nSPS) is 11.8. The Morgan fingerprint density at radius 2 is 1.67 bits per heavy atom. The molecule has 0 aromatic heterocycles. The fourth-order valence-electron chi connectivity index (χ4n) is 2.74. The van der Waals surface area contributed by atoms with Crippen LogP contribution in [0.5, 0.6) is 0 Å². The minimum atomic E-state index is -0.284. The zero-order valence-electron chi connectivity index (χ0n) is 14.6. The summed E-state index contributed by atoms with van der Waals surface area (Å²) in [6, 6.07) is 9.43. The molecule has 24 heavy (non-hydrogen) atoms. The third kappa shape index (κ3) is 8.67. The van der Waals surface area contributed by atoms with E-state index in [-0.39, 0.29) is 17.7 Å². The van der Waals surface area contributed by atoms with Gasteiger partial charge in [0.15, 0.2) is 0 Å².